The minimum absolute atomic E-state index is 0.0354. The highest BCUT2D eigenvalue weighted by Crippen LogP contribution is 2.39. The molecule has 1 saturated carbocycles. The fraction of sp³-hybridized carbons (Fsp3) is 0.304. The Bertz CT molecular complexity index is 1610. The number of halogens is 3. The number of sulfone groups is 1. The van der Waals surface area contributed by atoms with E-state index in [1.165, 1.54) is 23.8 Å². The standard InChI is InChI=1S/C23H20F3N5O3S2/c1-3-36(33,34)19-8-15(14-6-7-17(27-10-14)13-4-5-13)11-28-20(19)22-30-18-9-16(35(32)23(24,25)26)12-29-21(18)31(22)2/h6-13H,3-5H2,1-2H3. The van der Waals surface area contributed by atoms with Crippen LogP contribution >= 0.6 is 0 Å². The predicted molar refractivity (Wildman–Crippen MR) is 127 cm³/mol. The molecule has 0 saturated heterocycles. The van der Waals surface area contributed by atoms with Crippen molar-refractivity contribution in [3.63, 3.8) is 0 Å². The van der Waals surface area contributed by atoms with Crippen LogP contribution in [0.3, 0.4) is 0 Å². The molecule has 13 heteroatoms. The van der Waals surface area contributed by atoms with E-state index in [2.05, 4.69) is 19.9 Å². The summed E-state index contributed by atoms with van der Waals surface area (Å²) in [6.07, 6.45) is 6.29. The summed E-state index contributed by atoms with van der Waals surface area (Å²) in [4.78, 5) is 16.6. The number of aromatic nitrogens is 5. The summed E-state index contributed by atoms with van der Waals surface area (Å²) in [6.45, 7) is 1.51. The first-order valence-corrected chi connectivity index (χ1v) is 13.8. The molecular weight excluding hydrogens is 515 g/mol. The van der Waals surface area contributed by atoms with E-state index in [4.69, 9.17) is 0 Å². The van der Waals surface area contributed by atoms with Gasteiger partial charge in [-0.25, -0.2) is 22.6 Å². The van der Waals surface area contributed by atoms with E-state index < -0.39 is 31.0 Å². The average Bonchev–Trinajstić information content (AvgIpc) is 3.66. The molecule has 1 atom stereocenters. The molecule has 1 aliphatic carbocycles. The average molecular weight is 536 g/mol. The van der Waals surface area contributed by atoms with Crippen molar-refractivity contribution in [2.75, 3.05) is 5.75 Å². The first-order chi connectivity index (χ1) is 17.0. The van der Waals surface area contributed by atoms with Crippen LogP contribution < -0.4 is 0 Å². The molecular formula is C23H20F3N5O3S2. The SMILES string of the molecule is CCS(=O)(=O)c1cc(-c2ccc(C3CC3)nc2)cnc1-c1nc2cc(S(=O)C(F)(F)F)cnc2n1C. The van der Waals surface area contributed by atoms with E-state index in [0.29, 0.717) is 17.0 Å². The Labute approximate surface area is 207 Å². The molecule has 4 heterocycles. The number of nitrogens with zero attached hydrogens (tertiary/aromatic N) is 5. The molecule has 0 bridgehead atoms. The fourth-order valence-corrected chi connectivity index (χ4v) is 5.55. The smallest absolute Gasteiger partial charge is 0.310 e. The van der Waals surface area contributed by atoms with Gasteiger partial charge in [0.05, 0.1) is 15.5 Å². The molecule has 0 radical (unpaired) electrons. The van der Waals surface area contributed by atoms with Gasteiger partial charge in [-0.3, -0.25) is 9.97 Å². The van der Waals surface area contributed by atoms with Crippen LogP contribution in [-0.2, 0) is 27.7 Å². The van der Waals surface area contributed by atoms with Crippen molar-refractivity contribution in [3.8, 4) is 22.6 Å². The Morgan fingerprint density at radius 2 is 1.78 bits per heavy atom. The summed E-state index contributed by atoms with van der Waals surface area (Å²) < 4.78 is 78.0. The van der Waals surface area contributed by atoms with Gasteiger partial charge in [-0.2, -0.15) is 13.2 Å². The second kappa shape index (κ2) is 8.73. The highest BCUT2D eigenvalue weighted by Gasteiger charge is 2.38. The Balaban J connectivity index is 1.62. The van der Waals surface area contributed by atoms with Gasteiger partial charge in [-0.1, -0.05) is 13.0 Å². The molecule has 0 N–H and O–H groups in total. The van der Waals surface area contributed by atoms with Gasteiger partial charge in [0.2, 0.25) is 0 Å². The molecule has 1 unspecified atom stereocenters. The first kappa shape index (κ1) is 24.5. The number of aryl methyl sites for hydroxylation is 1. The molecule has 4 aromatic rings. The highest BCUT2D eigenvalue weighted by molar-refractivity contribution is 7.91. The van der Waals surface area contributed by atoms with Crippen LogP contribution in [0.2, 0.25) is 0 Å². The second-order valence-electron chi connectivity index (χ2n) is 8.44. The van der Waals surface area contributed by atoms with Crippen LogP contribution in [0.5, 0.6) is 0 Å². The summed E-state index contributed by atoms with van der Waals surface area (Å²) in [5, 5.41) is 0. The van der Waals surface area contributed by atoms with Crippen molar-refractivity contribution < 1.29 is 25.8 Å². The Hall–Kier alpha value is -3.19. The van der Waals surface area contributed by atoms with E-state index >= 15 is 0 Å². The van der Waals surface area contributed by atoms with Crippen LogP contribution in [0.4, 0.5) is 13.2 Å². The van der Waals surface area contributed by atoms with E-state index in [-0.39, 0.29) is 33.3 Å². The molecule has 36 heavy (non-hydrogen) atoms. The van der Waals surface area contributed by atoms with Gasteiger partial charge >= 0.3 is 5.51 Å². The topological polar surface area (TPSA) is 108 Å². The monoisotopic (exact) mass is 535 g/mol. The normalized spacial score (nSPS) is 15.4. The largest absolute Gasteiger partial charge is 0.475 e. The van der Waals surface area contributed by atoms with Gasteiger partial charge in [-0.05, 0) is 31.0 Å². The summed E-state index contributed by atoms with van der Waals surface area (Å²) in [6, 6.07) is 6.34. The van der Waals surface area contributed by atoms with Crippen LogP contribution in [-0.4, -0.2) is 48.4 Å². The number of imidazole rings is 1. The third-order valence-corrected chi connectivity index (χ3v) is 8.82. The molecule has 188 valence electrons. The lowest BCUT2D eigenvalue weighted by Crippen LogP contribution is -2.16. The van der Waals surface area contributed by atoms with Gasteiger partial charge in [0.15, 0.2) is 32.1 Å². The summed E-state index contributed by atoms with van der Waals surface area (Å²) in [5.74, 6) is 0.394. The van der Waals surface area contributed by atoms with Gasteiger partial charge in [-0.15, -0.1) is 0 Å². The maximum absolute atomic E-state index is 13.0. The lowest BCUT2D eigenvalue weighted by Gasteiger charge is -2.11. The van der Waals surface area contributed by atoms with Gasteiger partial charge < -0.3 is 4.57 Å². The molecule has 4 aromatic heterocycles. The highest BCUT2D eigenvalue weighted by atomic mass is 32.2. The third kappa shape index (κ3) is 4.41. The van der Waals surface area contributed by atoms with Gasteiger partial charge in [0.1, 0.15) is 11.2 Å². The second-order valence-corrected chi connectivity index (χ2v) is 12.2. The number of fused-ring (bicyclic) bond motifs is 1. The number of hydrogen-bond donors (Lipinski definition) is 0. The van der Waals surface area contributed by atoms with E-state index in [1.807, 2.05) is 12.1 Å². The Morgan fingerprint density at radius 3 is 2.39 bits per heavy atom. The number of hydrogen-bond acceptors (Lipinski definition) is 7. The minimum atomic E-state index is -4.95. The molecule has 5 rings (SSSR count). The van der Waals surface area contributed by atoms with Gasteiger partial charge in [0, 0.05) is 48.4 Å². The Kier molecular flexibility index (Phi) is 5.94. The summed E-state index contributed by atoms with van der Waals surface area (Å²) >= 11 is 0. The number of alkyl halides is 3. The number of pyridine rings is 3. The molecule has 0 amide bonds. The van der Waals surface area contributed by atoms with Crippen molar-refractivity contribution >= 4 is 31.8 Å². The molecule has 0 spiro atoms. The first-order valence-electron chi connectivity index (χ1n) is 11.0. The zero-order valence-electron chi connectivity index (χ0n) is 19.2. The van der Waals surface area contributed by atoms with E-state index in [9.17, 15) is 25.8 Å². The lowest BCUT2D eigenvalue weighted by molar-refractivity contribution is -0.0384. The maximum atomic E-state index is 13.0. The zero-order chi connectivity index (χ0) is 25.8. The maximum Gasteiger partial charge on any atom is 0.475 e. The molecule has 0 aliphatic heterocycles. The molecule has 0 aromatic carbocycles. The van der Waals surface area contributed by atoms with Crippen LogP contribution in [0.15, 0.2) is 52.6 Å². The summed E-state index contributed by atoms with van der Waals surface area (Å²) in [5.41, 5.74) is -2.41. The zero-order valence-corrected chi connectivity index (χ0v) is 20.8. The molecule has 8 nitrogen and oxygen atoms in total. The lowest BCUT2D eigenvalue weighted by atomic mass is 10.1. The van der Waals surface area contributed by atoms with Crippen LogP contribution in [0.1, 0.15) is 31.4 Å². The van der Waals surface area contributed by atoms with Crippen LogP contribution in [0.25, 0.3) is 33.8 Å². The predicted octanol–water partition coefficient (Wildman–Crippen LogP) is 4.39. The molecule has 1 aliphatic rings. The van der Waals surface area contributed by atoms with Crippen molar-refractivity contribution in [2.45, 2.75) is 41.0 Å². The van der Waals surface area contributed by atoms with Crippen molar-refractivity contribution in [2.24, 2.45) is 7.05 Å². The van der Waals surface area contributed by atoms with E-state index in [0.717, 1.165) is 30.8 Å². The third-order valence-electron chi connectivity index (χ3n) is 6.00. The molecule has 1 fully saturated rings. The van der Waals surface area contributed by atoms with Crippen LogP contribution in [0, 0.1) is 0 Å². The van der Waals surface area contributed by atoms with Crippen molar-refractivity contribution in [1.29, 1.82) is 0 Å². The fourth-order valence-electron chi connectivity index (χ4n) is 3.86. The Morgan fingerprint density at radius 1 is 1.06 bits per heavy atom. The van der Waals surface area contributed by atoms with Crippen molar-refractivity contribution in [3.05, 3.63) is 48.5 Å². The van der Waals surface area contributed by atoms with E-state index in [1.54, 1.807) is 13.2 Å². The summed E-state index contributed by atoms with van der Waals surface area (Å²) in [7, 11) is -5.49. The quantitative estimate of drug-likeness (QED) is 0.360. The number of rotatable bonds is 6. The minimum Gasteiger partial charge on any atom is -0.310 e. The van der Waals surface area contributed by atoms with Gasteiger partial charge in [0.25, 0.3) is 0 Å². The van der Waals surface area contributed by atoms with Crippen molar-refractivity contribution in [1.82, 2.24) is 24.5 Å².